The Bertz CT molecular complexity index is 750. The lowest BCUT2D eigenvalue weighted by Gasteiger charge is -2.28. The Kier molecular flexibility index (Phi) is 8.12. The number of carbonyl (C=O) groups excluding carboxylic acids is 2. The van der Waals surface area contributed by atoms with Crippen LogP contribution in [-0.4, -0.2) is 78.1 Å². The molecule has 2 heterocycles. The quantitative estimate of drug-likeness (QED) is 0.335. The van der Waals surface area contributed by atoms with Gasteiger partial charge in [-0.15, -0.1) is 10.2 Å². The lowest BCUT2D eigenvalue weighted by atomic mass is 9.89. The molecule has 0 radical (unpaired) electrons. The van der Waals surface area contributed by atoms with E-state index in [1.54, 1.807) is 0 Å². The zero-order valence-electron chi connectivity index (χ0n) is 18.6. The molecule has 1 aromatic heterocycles. The van der Waals surface area contributed by atoms with Crippen molar-refractivity contribution < 1.29 is 27.9 Å². The molecule has 31 heavy (non-hydrogen) atoms. The number of ether oxygens (including phenoxy) is 2. The van der Waals surface area contributed by atoms with Gasteiger partial charge in [-0.2, -0.15) is 0 Å². The molecule has 2 fully saturated rings. The van der Waals surface area contributed by atoms with Crippen molar-refractivity contribution in [2.45, 2.75) is 76.0 Å². The van der Waals surface area contributed by atoms with E-state index >= 15 is 0 Å². The number of ketones is 1. The summed E-state index contributed by atoms with van der Waals surface area (Å²) in [7, 11) is 1.53. The third kappa shape index (κ3) is 6.30. The average molecular weight is 441 g/mol. The van der Waals surface area contributed by atoms with Gasteiger partial charge in [-0.05, 0) is 26.7 Å². The molecule has 1 aromatic rings. The van der Waals surface area contributed by atoms with E-state index in [1.807, 2.05) is 13.8 Å². The van der Waals surface area contributed by atoms with Crippen molar-refractivity contribution in [3.63, 3.8) is 0 Å². The van der Waals surface area contributed by atoms with E-state index in [0.717, 1.165) is 25.7 Å². The van der Waals surface area contributed by atoms with Gasteiger partial charge >= 0.3 is 0 Å². The SMILES string of the molecule is COCOCC(C)(C)NCC(=O)N1C[C@@H](F)CC1C(=O)c1nnc(C2CCCCC2)o1. The van der Waals surface area contributed by atoms with E-state index in [4.69, 9.17) is 13.9 Å². The maximum absolute atomic E-state index is 14.2. The van der Waals surface area contributed by atoms with Gasteiger partial charge in [0.1, 0.15) is 19.0 Å². The molecule has 0 aromatic carbocycles. The monoisotopic (exact) mass is 440 g/mol. The van der Waals surface area contributed by atoms with E-state index in [-0.39, 0.29) is 44.0 Å². The molecule has 2 atom stereocenters. The Morgan fingerprint density at radius 2 is 2.00 bits per heavy atom. The van der Waals surface area contributed by atoms with E-state index < -0.39 is 23.5 Å². The number of carbonyl (C=O) groups is 2. The van der Waals surface area contributed by atoms with Crippen LogP contribution in [0.2, 0.25) is 0 Å². The highest BCUT2D eigenvalue weighted by atomic mass is 19.1. The molecule has 9 nitrogen and oxygen atoms in total. The number of amides is 1. The van der Waals surface area contributed by atoms with E-state index in [0.29, 0.717) is 12.5 Å². The zero-order chi connectivity index (χ0) is 22.4. The number of methoxy groups -OCH3 is 1. The predicted octanol–water partition coefficient (Wildman–Crippen LogP) is 2.23. The van der Waals surface area contributed by atoms with Gasteiger partial charge < -0.3 is 24.1 Å². The Balaban J connectivity index is 1.60. The predicted molar refractivity (Wildman–Crippen MR) is 109 cm³/mol. The number of nitrogens with one attached hydrogen (secondary N) is 1. The second-order valence-corrected chi connectivity index (χ2v) is 9.03. The topological polar surface area (TPSA) is 107 Å². The molecular formula is C21H33FN4O5. The summed E-state index contributed by atoms with van der Waals surface area (Å²) >= 11 is 0. The first kappa shape index (κ1) is 23.7. The lowest BCUT2D eigenvalue weighted by molar-refractivity contribution is -0.131. The molecule has 2 aliphatic rings. The fraction of sp³-hybridized carbons (Fsp3) is 0.810. The minimum absolute atomic E-state index is 0.0446. The van der Waals surface area contributed by atoms with Crippen LogP contribution in [0.4, 0.5) is 4.39 Å². The molecule has 1 aliphatic heterocycles. The van der Waals surface area contributed by atoms with E-state index in [1.165, 1.54) is 18.4 Å². The van der Waals surface area contributed by atoms with Gasteiger partial charge in [-0.3, -0.25) is 9.59 Å². The Morgan fingerprint density at radius 3 is 2.71 bits per heavy atom. The molecule has 0 spiro atoms. The fourth-order valence-electron chi connectivity index (χ4n) is 4.15. The maximum Gasteiger partial charge on any atom is 0.286 e. The number of hydrogen-bond acceptors (Lipinski definition) is 8. The third-order valence-corrected chi connectivity index (χ3v) is 5.86. The van der Waals surface area contributed by atoms with E-state index in [2.05, 4.69) is 15.5 Å². The summed E-state index contributed by atoms with van der Waals surface area (Å²) in [5.41, 5.74) is -0.496. The third-order valence-electron chi connectivity index (χ3n) is 5.86. The number of likely N-dealkylation sites (tertiary alicyclic amines) is 1. The highest BCUT2D eigenvalue weighted by molar-refractivity contribution is 5.99. The lowest BCUT2D eigenvalue weighted by Crippen LogP contribution is -2.51. The number of Topliss-reactive ketones (excluding diaryl/α,β-unsaturated/α-hetero) is 1. The highest BCUT2D eigenvalue weighted by Crippen LogP contribution is 2.32. The molecule has 1 unspecified atom stereocenters. The Labute approximate surface area is 182 Å². The number of hydrogen-bond donors (Lipinski definition) is 1. The van der Waals surface area contributed by atoms with Crippen LogP contribution in [0.5, 0.6) is 0 Å². The second-order valence-electron chi connectivity index (χ2n) is 9.03. The summed E-state index contributed by atoms with van der Waals surface area (Å²) in [6.07, 6.45) is 3.99. The summed E-state index contributed by atoms with van der Waals surface area (Å²) in [5, 5.41) is 11.1. The first-order chi connectivity index (χ1) is 14.8. The minimum atomic E-state index is -1.27. The van der Waals surface area contributed by atoms with Crippen LogP contribution >= 0.6 is 0 Å². The van der Waals surface area contributed by atoms with Crippen LogP contribution < -0.4 is 5.32 Å². The number of rotatable bonds is 10. The van der Waals surface area contributed by atoms with Crippen LogP contribution in [0, 0.1) is 0 Å². The molecule has 10 heteroatoms. The van der Waals surface area contributed by atoms with Crippen molar-refractivity contribution in [3.05, 3.63) is 11.8 Å². The van der Waals surface area contributed by atoms with Crippen molar-refractivity contribution in [1.82, 2.24) is 20.4 Å². The van der Waals surface area contributed by atoms with Gasteiger partial charge in [0, 0.05) is 25.0 Å². The molecule has 1 saturated carbocycles. The second kappa shape index (κ2) is 10.6. The average Bonchev–Trinajstić information content (AvgIpc) is 3.39. The van der Waals surface area contributed by atoms with Gasteiger partial charge in [-0.25, -0.2) is 4.39 Å². The van der Waals surface area contributed by atoms with Crippen LogP contribution in [-0.2, 0) is 14.3 Å². The van der Waals surface area contributed by atoms with Crippen molar-refractivity contribution in [2.75, 3.05) is 33.6 Å². The van der Waals surface area contributed by atoms with Gasteiger partial charge in [0.2, 0.25) is 17.6 Å². The van der Waals surface area contributed by atoms with Crippen molar-refractivity contribution >= 4 is 11.7 Å². The van der Waals surface area contributed by atoms with Crippen molar-refractivity contribution in [1.29, 1.82) is 0 Å². The molecule has 3 rings (SSSR count). The summed E-state index contributed by atoms with van der Waals surface area (Å²) in [6.45, 7) is 4.07. The fourth-order valence-corrected chi connectivity index (χ4v) is 4.15. The Hall–Kier alpha value is -1.91. The molecule has 1 amide bonds. The minimum Gasteiger partial charge on any atom is -0.418 e. The number of alkyl halides is 1. The number of nitrogens with zero attached hydrogens (tertiary/aromatic N) is 3. The number of halogens is 1. The maximum atomic E-state index is 14.2. The van der Waals surface area contributed by atoms with Gasteiger partial charge in [-0.1, -0.05) is 19.3 Å². The zero-order valence-corrected chi connectivity index (χ0v) is 18.6. The molecule has 1 aliphatic carbocycles. The van der Waals surface area contributed by atoms with E-state index in [9.17, 15) is 14.0 Å². The van der Waals surface area contributed by atoms with Crippen LogP contribution in [0.15, 0.2) is 4.42 Å². The summed E-state index contributed by atoms with van der Waals surface area (Å²) in [5.74, 6) is -0.352. The van der Waals surface area contributed by atoms with Crippen LogP contribution in [0.25, 0.3) is 0 Å². The Morgan fingerprint density at radius 1 is 1.26 bits per heavy atom. The summed E-state index contributed by atoms with van der Waals surface area (Å²) in [6, 6.07) is -0.934. The summed E-state index contributed by atoms with van der Waals surface area (Å²) in [4.78, 5) is 27.0. The van der Waals surface area contributed by atoms with Gasteiger partial charge in [0.25, 0.3) is 5.89 Å². The van der Waals surface area contributed by atoms with Crippen LogP contribution in [0.3, 0.4) is 0 Å². The largest absolute Gasteiger partial charge is 0.418 e. The first-order valence-corrected chi connectivity index (χ1v) is 10.9. The standard InChI is InChI=1S/C21H33FN4O5/c1-21(2,12-30-13-29-3)23-10-17(27)26-11-15(22)9-16(26)18(28)20-25-24-19(31-20)14-7-5-4-6-8-14/h14-16,23H,4-13H2,1-3H3/t15-,16?/m0/s1. The molecule has 1 saturated heterocycles. The van der Waals surface area contributed by atoms with Crippen molar-refractivity contribution in [3.8, 4) is 0 Å². The normalized spacial score (nSPS) is 22.8. The molecule has 1 N–H and O–H groups in total. The molecule has 174 valence electrons. The summed E-state index contributed by atoms with van der Waals surface area (Å²) < 4.78 is 30.0. The molecule has 0 bridgehead atoms. The highest BCUT2D eigenvalue weighted by Gasteiger charge is 2.42. The number of aromatic nitrogens is 2. The smallest absolute Gasteiger partial charge is 0.286 e. The van der Waals surface area contributed by atoms with Gasteiger partial charge in [0.15, 0.2) is 0 Å². The first-order valence-electron chi connectivity index (χ1n) is 10.9. The van der Waals surface area contributed by atoms with Crippen molar-refractivity contribution in [2.24, 2.45) is 0 Å². The van der Waals surface area contributed by atoms with Gasteiger partial charge in [0.05, 0.1) is 19.7 Å². The molecular weight excluding hydrogens is 407 g/mol. The van der Waals surface area contributed by atoms with Crippen LogP contribution in [0.1, 0.15) is 74.9 Å².